The largest absolute Gasteiger partial charge is 0.473 e. The van der Waals surface area contributed by atoms with E-state index in [0.717, 1.165) is 5.38 Å². The first-order valence-corrected chi connectivity index (χ1v) is 3.12. The summed E-state index contributed by atoms with van der Waals surface area (Å²) in [5.41, 5.74) is 5.72. The molecule has 1 rings (SSSR count). The van der Waals surface area contributed by atoms with Crippen LogP contribution in [-0.2, 0) is 6.18 Å². The summed E-state index contributed by atoms with van der Waals surface area (Å²) < 4.78 is 35.0. The highest BCUT2D eigenvalue weighted by molar-refractivity contribution is 7.13. The van der Waals surface area contributed by atoms with Crippen molar-refractivity contribution in [3.05, 3.63) is 16.8 Å². The summed E-state index contributed by atoms with van der Waals surface area (Å²) in [6.07, 6.45) is -4.41. The first-order chi connectivity index (χ1) is 4.50. The maximum atomic E-state index is 11.7. The van der Waals surface area contributed by atoms with Gasteiger partial charge in [0.2, 0.25) is 0 Å². The fraction of sp³-hybridized carbons (Fsp3) is 0.250. The maximum absolute atomic E-state index is 11.7. The van der Waals surface area contributed by atoms with E-state index in [1.165, 1.54) is 0 Å². The number of rotatable bonds is 0. The van der Waals surface area contributed by atoms with Crippen LogP contribution >= 0.6 is 11.3 Å². The van der Waals surface area contributed by atoms with Crippen molar-refractivity contribution in [1.29, 1.82) is 0 Å². The standard InChI is InChI=1S/C4H2F3N2S/c5-4(6,7)2-1-10-3(8)9-2/h1H,(H-,8,9)/q-1. The average Bonchev–Trinajstić information content (AvgIpc) is 2.11. The minimum Gasteiger partial charge on any atom is -0.473 e. The van der Waals surface area contributed by atoms with E-state index < -0.39 is 11.9 Å². The highest BCUT2D eigenvalue weighted by atomic mass is 32.1. The summed E-state index contributed by atoms with van der Waals surface area (Å²) in [5.74, 6) is 0. The highest BCUT2D eigenvalue weighted by Crippen LogP contribution is 2.31. The minimum atomic E-state index is -4.41. The Bertz CT molecular complexity index is 229. The van der Waals surface area contributed by atoms with Gasteiger partial charge in [-0.2, -0.15) is 24.5 Å². The Labute approximate surface area is 58.5 Å². The van der Waals surface area contributed by atoms with Crippen molar-refractivity contribution in [2.24, 2.45) is 0 Å². The van der Waals surface area contributed by atoms with E-state index in [0.29, 0.717) is 11.3 Å². The zero-order valence-electron chi connectivity index (χ0n) is 4.57. The Balaban J connectivity index is 2.96. The molecule has 0 aliphatic rings. The number of hydrogen-bond acceptors (Lipinski definition) is 2. The van der Waals surface area contributed by atoms with Gasteiger partial charge in [-0.3, -0.25) is 0 Å². The van der Waals surface area contributed by atoms with E-state index in [2.05, 4.69) is 4.98 Å². The van der Waals surface area contributed by atoms with Crippen LogP contribution in [0.5, 0.6) is 0 Å². The minimum absolute atomic E-state index is 0.313. The van der Waals surface area contributed by atoms with Gasteiger partial charge in [0.05, 0.1) is 5.69 Å². The van der Waals surface area contributed by atoms with Crippen LogP contribution in [0, 0.1) is 0 Å². The van der Waals surface area contributed by atoms with E-state index >= 15 is 0 Å². The predicted octanol–water partition coefficient (Wildman–Crippen LogP) is 2.85. The monoisotopic (exact) mass is 167 g/mol. The Kier molecular flexibility index (Phi) is 1.55. The molecule has 1 aromatic rings. The van der Waals surface area contributed by atoms with Crippen LogP contribution in [0.15, 0.2) is 5.38 Å². The SMILES string of the molecule is [NH-]c1nc(C(F)(F)F)cs1. The van der Waals surface area contributed by atoms with Gasteiger partial charge in [-0.1, -0.05) is 0 Å². The van der Waals surface area contributed by atoms with Crippen molar-refractivity contribution in [3.8, 4) is 0 Å². The molecule has 0 atom stereocenters. The number of nitrogens with zero attached hydrogens (tertiary/aromatic N) is 1. The van der Waals surface area contributed by atoms with Crippen molar-refractivity contribution in [3.63, 3.8) is 0 Å². The third-order valence-corrected chi connectivity index (χ3v) is 1.45. The molecule has 0 unspecified atom stereocenters. The second-order valence-electron chi connectivity index (χ2n) is 1.54. The zero-order valence-corrected chi connectivity index (χ0v) is 5.38. The summed E-state index contributed by atoms with van der Waals surface area (Å²) >= 11 is 0.667. The molecule has 0 aromatic carbocycles. The van der Waals surface area contributed by atoms with Crippen LogP contribution in [-0.4, -0.2) is 4.98 Å². The summed E-state index contributed by atoms with van der Waals surface area (Å²) in [5, 5.41) is 0.509. The van der Waals surface area contributed by atoms with Crippen LogP contribution in [0.4, 0.5) is 18.3 Å². The smallest absolute Gasteiger partial charge is 0.413 e. The Morgan fingerprint density at radius 3 is 2.30 bits per heavy atom. The van der Waals surface area contributed by atoms with Crippen molar-refractivity contribution < 1.29 is 13.2 Å². The van der Waals surface area contributed by atoms with Gasteiger partial charge in [0.25, 0.3) is 0 Å². The number of alkyl halides is 3. The topological polar surface area (TPSA) is 36.7 Å². The number of aromatic nitrogens is 1. The van der Waals surface area contributed by atoms with Gasteiger partial charge in [-0.25, -0.2) is 0 Å². The first-order valence-electron chi connectivity index (χ1n) is 2.24. The molecule has 0 bridgehead atoms. The average molecular weight is 167 g/mol. The fourth-order valence-corrected chi connectivity index (χ4v) is 0.965. The van der Waals surface area contributed by atoms with Crippen LogP contribution in [0.3, 0.4) is 0 Å². The summed E-state index contributed by atoms with van der Waals surface area (Å²) in [7, 11) is 0. The molecule has 0 saturated heterocycles. The Morgan fingerprint density at radius 1 is 1.50 bits per heavy atom. The molecule has 6 heteroatoms. The molecule has 0 aliphatic heterocycles. The van der Waals surface area contributed by atoms with Crippen LogP contribution < -0.4 is 0 Å². The number of hydrogen-bond donors (Lipinski definition) is 0. The normalized spacial score (nSPS) is 11.9. The third kappa shape index (κ3) is 1.38. The number of nitrogens with one attached hydrogen (secondary N) is 1. The molecule has 0 fully saturated rings. The van der Waals surface area contributed by atoms with Gasteiger partial charge in [-0.15, -0.1) is 0 Å². The highest BCUT2D eigenvalue weighted by Gasteiger charge is 2.28. The van der Waals surface area contributed by atoms with Gasteiger partial charge in [-0.05, 0) is 10.5 Å². The van der Waals surface area contributed by atoms with E-state index in [1.807, 2.05) is 0 Å². The van der Waals surface area contributed by atoms with Crippen molar-refractivity contribution in [2.75, 3.05) is 0 Å². The van der Waals surface area contributed by atoms with Crippen molar-refractivity contribution in [1.82, 2.24) is 4.98 Å². The van der Waals surface area contributed by atoms with E-state index in [4.69, 9.17) is 5.73 Å². The molecular weight excluding hydrogens is 165 g/mol. The molecule has 1 aromatic heterocycles. The molecule has 56 valence electrons. The molecule has 0 saturated carbocycles. The molecule has 2 nitrogen and oxygen atoms in total. The van der Waals surface area contributed by atoms with Gasteiger partial charge >= 0.3 is 6.18 Å². The van der Waals surface area contributed by atoms with Gasteiger partial charge in [0, 0.05) is 0 Å². The molecule has 1 heterocycles. The molecule has 0 amide bonds. The Hall–Kier alpha value is -0.780. The lowest BCUT2D eigenvalue weighted by molar-refractivity contribution is -0.140. The summed E-state index contributed by atoms with van der Waals surface area (Å²) in [6, 6.07) is 0. The quantitative estimate of drug-likeness (QED) is 0.585. The fourth-order valence-electron chi connectivity index (χ4n) is 0.404. The molecule has 0 spiro atoms. The second-order valence-corrected chi connectivity index (χ2v) is 2.39. The van der Waals surface area contributed by atoms with Gasteiger partial charge < -0.3 is 10.7 Å². The van der Waals surface area contributed by atoms with E-state index in [9.17, 15) is 13.2 Å². The Morgan fingerprint density at radius 2 is 2.10 bits per heavy atom. The van der Waals surface area contributed by atoms with E-state index in [1.54, 1.807) is 0 Å². The molecular formula is C4H2F3N2S-. The summed E-state index contributed by atoms with van der Waals surface area (Å²) in [4.78, 5) is 2.94. The van der Waals surface area contributed by atoms with Gasteiger partial charge in [0.15, 0.2) is 0 Å². The maximum Gasteiger partial charge on any atom is 0.413 e. The van der Waals surface area contributed by atoms with Gasteiger partial charge in [0.1, 0.15) is 0 Å². The first kappa shape index (κ1) is 7.33. The lowest BCUT2D eigenvalue weighted by Crippen LogP contribution is -2.04. The molecule has 0 aliphatic carbocycles. The van der Waals surface area contributed by atoms with E-state index in [-0.39, 0.29) is 5.13 Å². The van der Waals surface area contributed by atoms with Crippen LogP contribution in [0.2, 0.25) is 0 Å². The van der Waals surface area contributed by atoms with Crippen LogP contribution in [0.1, 0.15) is 5.69 Å². The number of halogens is 3. The second kappa shape index (κ2) is 2.12. The lowest BCUT2D eigenvalue weighted by Gasteiger charge is -2.04. The third-order valence-electron chi connectivity index (χ3n) is 0.795. The van der Waals surface area contributed by atoms with Crippen molar-refractivity contribution in [2.45, 2.75) is 6.18 Å². The zero-order chi connectivity index (χ0) is 7.78. The lowest BCUT2D eigenvalue weighted by atomic mass is 10.5. The molecule has 1 N–H and O–H groups in total. The summed E-state index contributed by atoms with van der Waals surface area (Å²) in [6.45, 7) is 0. The predicted molar refractivity (Wildman–Crippen MR) is 31.1 cm³/mol. The van der Waals surface area contributed by atoms with Crippen molar-refractivity contribution >= 4 is 16.5 Å². The molecule has 0 radical (unpaired) electrons. The van der Waals surface area contributed by atoms with Crippen LogP contribution in [0.25, 0.3) is 5.73 Å². The molecule has 10 heavy (non-hydrogen) atoms. The number of thiazole rings is 1.